The summed E-state index contributed by atoms with van der Waals surface area (Å²) in [5, 5.41) is 7.22. The van der Waals surface area contributed by atoms with Gasteiger partial charge in [0.05, 0.1) is 19.0 Å². The zero-order valence-corrected chi connectivity index (χ0v) is 14.7. The summed E-state index contributed by atoms with van der Waals surface area (Å²) in [6, 6.07) is 14.5. The van der Waals surface area contributed by atoms with E-state index in [-0.39, 0.29) is 5.41 Å². The van der Waals surface area contributed by atoms with Crippen LogP contribution in [0.1, 0.15) is 31.2 Å². The van der Waals surface area contributed by atoms with Crippen molar-refractivity contribution in [2.24, 2.45) is 0 Å². The van der Waals surface area contributed by atoms with Crippen LogP contribution >= 0.6 is 12.2 Å². The predicted octanol–water partition coefficient (Wildman–Crippen LogP) is 3.89. The first kappa shape index (κ1) is 16.7. The molecule has 126 valence electrons. The van der Waals surface area contributed by atoms with E-state index in [9.17, 15) is 0 Å². The van der Waals surface area contributed by atoms with Crippen LogP contribution in [0.5, 0.6) is 5.88 Å². The Bertz CT molecular complexity index is 667. The number of aromatic nitrogens is 1. The summed E-state index contributed by atoms with van der Waals surface area (Å²) in [6.45, 7) is 0.854. The van der Waals surface area contributed by atoms with E-state index in [1.165, 1.54) is 31.2 Å². The third-order valence-corrected chi connectivity index (χ3v) is 4.98. The van der Waals surface area contributed by atoms with Gasteiger partial charge < -0.3 is 15.4 Å². The molecule has 0 aliphatic heterocycles. The Balaban J connectivity index is 1.61. The number of nitrogens with zero attached hydrogens (tertiary/aromatic N) is 1. The fraction of sp³-hybridized carbons (Fsp3) is 0.368. The lowest BCUT2D eigenvalue weighted by Gasteiger charge is -2.30. The minimum Gasteiger partial charge on any atom is -0.481 e. The van der Waals surface area contributed by atoms with Crippen molar-refractivity contribution < 1.29 is 4.74 Å². The summed E-state index contributed by atoms with van der Waals surface area (Å²) in [5.41, 5.74) is 2.45. The van der Waals surface area contributed by atoms with Gasteiger partial charge >= 0.3 is 0 Å². The molecular weight excluding hydrogens is 318 g/mol. The van der Waals surface area contributed by atoms with Crippen molar-refractivity contribution in [1.82, 2.24) is 10.3 Å². The number of rotatable bonds is 5. The quantitative estimate of drug-likeness (QED) is 0.808. The first-order valence-electron chi connectivity index (χ1n) is 8.32. The van der Waals surface area contributed by atoms with Crippen LogP contribution in [0.3, 0.4) is 0 Å². The number of hydrogen-bond donors (Lipinski definition) is 2. The molecular formula is C19H23N3OS. The van der Waals surface area contributed by atoms with Crippen molar-refractivity contribution in [3.8, 4) is 5.88 Å². The Hall–Kier alpha value is -2.14. The van der Waals surface area contributed by atoms with Gasteiger partial charge in [0.15, 0.2) is 5.11 Å². The third-order valence-electron chi connectivity index (χ3n) is 4.74. The number of anilines is 1. The van der Waals surface area contributed by atoms with Crippen LogP contribution in [0, 0.1) is 0 Å². The highest BCUT2D eigenvalue weighted by molar-refractivity contribution is 7.80. The fourth-order valence-corrected chi connectivity index (χ4v) is 3.60. The lowest BCUT2D eigenvalue weighted by molar-refractivity contribution is 0.398. The van der Waals surface area contributed by atoms with Crippen molar-refractivity contribution in [1.29, 1.82) is 0 Å². The first-order valence-corrected chi connectivity index (χ1v) is 8.73. The zero-order chi connectivity index (χ0) is 16.8. The number of ether oxygens (including phenoxy) is 1. The SMILES string of the molecule is COc1ccc(NC(=S)NCC2(c3ccccc3)CCCC2)cn1. The molecule has 3 rings (SSSR count). The molecule has 0 bridgehead atoms. The molecule has 2 N–H and O–H groups in total. The summed E-state index contributed by atoms with van der Waals surface area (Å²) in [6.07, 6.45) is 6.68. The van der Waals surface area contributed by atoms with Crippen molar-refractivity contribution in [2.45, 2.75) is 31.1 Å². The van der Waals surface area contributed by atoms with Crippen LogP contribution in [0.15, 0.2) is 48.7 Å². The van der Waals surface area contributed by atoms with Crippen molar-refractivity contribution in [3.05, 3.63) is 54.2 Å². The third kappa shape index (κ3) is 3.85. The molecule has 1 aromatic carbocycles. The van der Waals surface area contributed by atoms with Gasteiger partial charge in [-0.05, 0) is 36.7 Å². The Morgan fingerprint density at radius 2 is 1.92 bits per heavy atom. The predicted molar refractivity (Wildman–Crippen MR) is 102 cm³/mol. The molecule has 1 fully saturated rings. The van der Waals surface area contributed by atoms with Crippen LogP contribution < -0.4 is 15.4 Å². The van der Waals surface area contributed by atoms with E-state index in [1.807, 2.05) is 12.1 Å². The minimum absolute atomic E-state index is 0.186. The summed E-state index contributed by atoms with van der Waals surface area (Å²) >= 11 is 5.45. The van der Waals surface area contributed by atoms with E-state index in [4.69, 9.17) is 17.0 Å². The number of thiocarbonyl (C=S) groups is 1. The number of methoxy groups -OCH3 is 1. The van der Waals surface area contributed by atoms with E-state index in [1.54, 1.807) is 13.3 Å². The molecule has 24 heavy (non-hydrogen) atoms. The van der Waals surface area contributed by atoms with Crippen molar-refractivity contribution in [2.75, 3.05) is 19.0 Å². The van der Waals surface area contributed by atoms with Gasteiger partial charge in [0.1, 0.15) is 0 Å². The molecule has 1 aliphatic carbocycles. The maximum atomic E-state index is 5.45. The molecule has 0 spiro atoms. The first-order chi connectivity index (χ1) is 11.7. The van der Waals surface area contributed by atoms with Gasteiger partial charge in [-0.25, -0.2) is 4.98 Å². The summed E-state index contributed by atoms with van der Waals surface area (Å²) in [4.78, 5) is 4.18. The summed E-state index contributed by atoms with van der Waals surface area (Å²) in [7, 11) is 1.60. The molecule has 5 heteroatoms. The molecule has 0 unspecified atom stereocenters. The average Bonchev–Trinajstić information content (AvgIpc) is 3.12. The molecule has 1 aromatic heterocycles. The number of nitrogens with one attached hydrogen (secondary N) is 2. The van der Waals surface area contributed by atoms with Gasteiger partial charge in [0, 0.05) is 18.0 Å². The van der Waals surface area contributed by atoms with Crippen molar-refractivity contribution in [3.63, 3.8) is 0 Å². The fourth-order valence-electron chi connectivity index (χ4n) is 3.41. The average molecular weight is 341 g/mol. The van der Waals surface area contributed by atoms with Crippen LogP contribution in [0.4, 0.5) is 5.69 Å². The second-order valence-corrected chi connectivity index (χ2v) is 6.66. The summed E-state index contributed by atoms with van der Waals surface area (Å²) in [5.74, 6) is 0.591. The van der Waals surface area contributed by atoms with E-state index in [0.29, 0.717) is 11.0 Å². The van der Waals surface area contributed by atoms with Crippen LogP contribution in [0.25, 0.3) is 0 Å². The topological polar surface area (TPSA) is 46.2 Å². The van der Waals surface area contributed by atoms with Crippen LogP contribution in [-0.2, 0) is 5.41 Å². The highest BCUT2D eigenvalue weighted by Crippen LogP contribution is 2.40. The van der Waals surface area contributed by atoms with Gasteiger partial charge in [0.2, 0.25) is 5.88 Å². The highest BCUT2D eigenvalue weighted by atomic mass is 32.1. The monoisotopic (exact) mass is 341 g/mol. The molecule has 2 aromatic rings. The highest BCUT2D eigenvalue weighted by Gasteiger charge is 2.35. The van der Waals surface area contributed by atoms with E-state index >= 15 is 0 Å². The molecule has 4 nitrogen and oxygen atoms in total. The largest absolute Gasteiger partial charge is 0.481 e. The molecule has 1 aliphatic rings. The minimum atomic E-state index is 0.186. The standard InChI is InChI=1S/C19H23N3OS/c1-23-17-10-9-16(13-20-17)22-18(24)21-14-19(11-5-6-12-19)15-7-3-2-4-8-15/h2-4,7-10,13H,5-6,11-12,14H2,1H3,(H2,21,22,24). The molecule has 0 radical (unpaired) electrons. The van der Waals surface area contributed by atoms with Crippen LogP contribution in [0.2, 0.25) is 0 Å². The molecule has 1 saturated carbocycles. The number of benzene rings is 1. The maximum Gasteiger partial charge on any atom is 0.213 e. The van der Waals surface area contributed by atoms with E-state index in [0.717, 1.165) is 12.2 Å². The van der Waals surface area contributed by atoms with Gasteiger partial charge in [-0.1, -0.05) is 43.2 Å². The Morgan fingerprint density at radius 1 is 1.17 bits per heavy atom. The van der Waals surface area contributed by atoms with Gasteiger partial charge in [-0.3, -0.25) is 0 Å². The smallest absolute Gasteiger partial charge is 0.213 e. The van der Waals surface area contributed by atoms with Gasteiger partial charge in [-0.15, -0.1) is 0 Å². The summed E-state index contributed by atoms with van der Waals surface area (Å²) < 4.78 is 5.06. The van der Waals surface area contributed by atoms with Gasteiger partial charge in [0.25, 0.3) is 0 Å². The second kappa shape index (κ2) is 7.62. The van der Waals surface area contributed by atoms with Crippen LogP contribution in [-0.4, -0.2) is 23.8 Å². The molecule has 1 heterocycles. The number of hydrogen-bond acceptors (Lipinski definition) is 3. The lowest BCUT2D eigenvalue weighted by Crippen LogP contribution is -2.40. The molecule has 0 amide bonds. The zero-order valence-electron chi connectivity index (χ0n) is 13.9. The Morgan fingerprint density at radius 3 is 2.54 bits per heavy atom. The number of pyridine rings is 1. The van der Waals surface area contributed by atoms with Gasteiger partial charge in [-0.2, -0.15) is 0 Å². The normalized spacial score (nSPS) is 15.7. The Kier molecular flexibility index (Phi) is 5.30. The second-order valence-electron chi connectivity index (χ2n) is 6.25. The molecule has 0 atom stereocenters. The molecule has 0 saturated heterocycles. The maximum absolute atomic E-state index is 5.45. The lowest BCUT2D eigenvalue weighted by atomic mass is 9.79. The Labute approximate surface area is 148 Å². The van der Waals surface area contributed by atoms with E-state index in [2.05, 4.69) is 45.9 Å². The van der Waals surface area contributed by atoms with Crippen molar-refractivity contribution >= 4 is 23.0 Å². The van der Waals surface area contributed by atoms with E-state index < -0.39 is 0 Å².